The van der Waals surface area contributed by atoms with Crippen LogP contribution in [0.25, 0.3) is 77.2 Å². The van der Waals surface area contributed by atoms with Crippen LogP contribution >= 0.6 is 0 Å². The molecule has 0 N–H and O–H groups in total. The van der Waals surface area contributed by atoms with Crippen LogP contribution in [0.1, 0.15) is 0 Å². The van der Waals surface area contributed by atoms with Gasteiger partial charge in [0.05, 0.1) is 0 Å². The minimum atomic E-state index is 0.582. The molecule has 0 saturated heterocycles. The molecule has 0 aliphatic rings. The average molecular weight is 629 g/mol. The van der Waals surface area contributed by atoms with Gasteiger partial charge in [-0.15, -0.1) is 0 Å². The summed E-state index contributed by atoms with van der Waals surface area (Å²) in [6, 6.07) is 59.3. The monoisotopic (exact) mass is 628 g/mol. The normalized spacial score (nSPS) is 11.7. The van der Waals surface area contributed by atoms with Crippen LogP contribution in [0.2, 0.25) is 0 Å². The van der Waals surface area contributed by atoms with E-state index in [2.05, 4.69) is 150 Å². The van der Waals surface area contributed by atoms with Gasteiger partial charge in [0.25, 0.3) is 0 Å². The van der Waals surface area contributed by atoms with Crippen molar-refractivity contribution in [2.45, 2.75) is 0 Å². The number of benzene rings is 8. The first kappa shape index (κ1) is 27.5. The molecule has 49 heavy (non-hydrogen) atoms. The molecule has 0 spiro atoms. The van der Waals surface area contributed by atoms with Crippen LogP contribution in [-0.2, 0) is 0 Å². The quantitative estimate of drug-likeness (QED) is 0.190. The lowest BCUT2D eigenvalue weighted by Gasteiger charge is -2.26. The molecule has 0 aliphatic heterocycles. The first-order valence-corrected chi connectivity index (χ1v) is 16.4. The van der Waals surface area contributed by atoms with Crippen molar-refractivity contribution in [3.63, 3.8) is 0 Å². The predicted octanol–water partition coefficient (Wildman–Crippen LogP) is 12.8. The molecular formula is C45H28N2O2. The van der Waals surface area contributed by atoms with Crippen molar-refractivity contribution in [3.05, 3.63) is 170 Å². The summed E-state index contributed by atoms with van der Waals surface area (Å²) in [4.78, 5) is 7.24. The lowest BCUT2D eigenvalue weighted by Crippen LogP contribution is -2.10. The molecular weight excluding hydrogens is 601 g/mol. The van der Waals surface area contributed by atoms with Gasteiger partial charge >= 0.3 is 0 Å². The molecule has 8 aromatic carbocycles. The van der Waals surface area contributed by atoms with Gasteiger partial charge in [0.15, 0.2) is 5.58 Å². The highest BCUT2D eigenvalue weighted by Crippen LogP contribution is 2.42. The standard InChI is InChI=1S/C45H28N2O2/c1-2-10-29(11-3-1)32-16-8-17-35(24-32)47(36-21-20-30-12-4-5-13-31(30)25-36)37-22-23-38-42(28-37)48-41-19-9-18-39(44(38)41)45-46-40-26-33-14-6-7-15-34(33)27-43(40)49-45/h1-28H. The van der Waals surface area contributed by atoms with Crippen LogP contribution in [-0.4, -0.2) is 4.98 Å². The van der Waals surface area contributed by atoms with E-state index in [1.807, 2.05) is 24.3 Å². The number of hydrogen-bond donors (Lipinski definition) is 0. The minimum Gasteiger partial charge on any atom is -0.456 e. The van der Waals surface area contributed by atoms with Gasteiger partial charge in [-0.1, -0.05) is 103 Å². The first-order valence-electron chi connectivity index (χ1n) is 16.4. The summed E-state index contributed by atoms with van der Waals surface area (Å²) in [7, 11) is 0. The summed E-state index contributed by atoms with van der Waals surface area (Å²) in [5.74, 6) is 0.582. The average Bonchev–Trinajstić information content (AvgIpc) is 3.75. The zero-order valence-corrected chi connectivity index (χ0v) is 26.4. The van der Waals surface area contributed by atoms with Gasteiger partial charge in [-0.05, 0) is 93.3 Å². The Balaban J connectivity index is 1.14. The Morgan fingerprint density at radius 1 is 0.408 bits per heavy atom. The Hall–Kier alpha value is -6.65. The Kier molecular flexibility index (Phi) is 6.15. The molecule has 0 atom stereocenters. The molecule has 4 nitrogen and oxygen atoms in total. The number of fused-ring (bicyclic) bond motifs is 6. The zero-order valence-electron chi connectivity index (χ0n) is 26.4. The second-order valence-corrected chi connectivity index (χ2v) is 12.4. The van der Waals surface area contributed by atoms with Crippen molar-refractivity contribution < 1.29 is 8.83 Å². The van der Waals surface area contributed by atoms with E-state index in [-0.39, 0.29) is 0 Å². The fourth-order valence-electron chi connectivity index (χ4n) is 7.08. The smallest absolute Gasteiger partial charge is 0.228 e. The van der Waals surface area contributed by atoms with Gasteiger partial charge in [0.1, 0.15) is 16.7 Å². The Morgan fingerprint density at radius 2 is 1.08 bits per heavy atom. The van der Waals surface area contributed by atoms with Crippen LogP contribution in [0.15, 0.2) is 179 Å². The fourth-order valence-corrected chi connectivity index (χ4v) is 7.08. The van der Waals surface area contributed by atoms with Crippen molar-refractivity contribution in [1.29, 1.82) is 0 Å². The van der Waals surface area contributed by atoms with E-state index in [1.165, 1.54) is 16.3 Å². The van der Waals surface area contributed by atoms with E-state index >= 15 is 0 Å². The predicted molar refractivity (Wildman–Crippen MR) is 202 cm³/mol. The van der Waals surface area contributed by atoms with E-state index in [0.717, 1.165) is 72.0 Å². The third-order valence-corrected chi connectivity index (χ3v) is 9.43. The van der Waals surface area contributed by atoms with Crippen LogP contribution in [0, 0.1) is 0 Å². The highest BCUT2D eigenvalue weighted by Gasteiger charge is 2.20. The van der Waals surface area contributed by atoms with E-state index < -0.39 is 0 Å². The number of aromatic nitrogens is 1. The SMILES string of the molecule is c1ccc(-c2cccc(N(c3ccc4ccccc4c3)c3ccc4c(c3)oc3cccc(-c5nc6cc7ccccc7cc6o5)c34)c2)cc1. The number of rotatable bonds is 5. The van der Waals surface area contributed by atoms with E-state index in [9.17, 15) is 0 Å². The van der Waals surface area contributed by atoms with Gasteiger partial charge in [0, 0.05) is 39.5 Å². The van der Waals surface area contributed by atoms with Crippen LogP contribution in [0.4, 0.5) is 17.1 Å². The molecule has 230 valence electrons. The summed E-state index contributed by atoms with van der Waals surface area (Å²) >= 11 is 0. The van der Waals surface area contributed by atoms with Crippen LogP contribution < -0.4 is 4.90 Å². The van der Waals surface area contributed by atoms with Gasteiger partial charge in [0.2, 0.25) is 5.89 Å². The summed E-state index contributed by atoms with van der Waals surface area (Å²) in [6.45, 7) is 0. The molecule has 10 aromatic rings. The number of nitrogens with zero attached hydrogens (tertiary/aromatic N) is 2. The van der Waals surface area contributed by atoms with Crippen molar-refractivity contribution >= 4 is 71.6 Å². The maximum Gasteiger partial charge on any atom is 0.228 e. The molecule has 4 heteroatoms. The van der Waals surface area contributed by atoms with Gasteiger partial charge in [-0.3, -0.25) is 0 Å². The van der Waals surface area contributed by atoms with E-state index in [4.69, 9.17) is 13.8 Å². The van der Waals surface area contributed by atoms with Gasteiger partial charge < -0.3 is 13.7 Å². The third-order valence-electron chi connectivity index (χ3n) is 9.43. The minimum absolute atomic E-state index is 0.582. The molecule has 2 aromatic heterocycles. The van der Waals surface area contributed by atoms with Crippen molar-refractivity contribution in [1.82, 2.24) is 4.98 Å². The van der Waals surface area contributed by atoms with Gasteiger partial charge in [-0.25, -0.2) is 4.98 Å². The highest BCUT2D eigenvalue weighted by atomic mass is 16.3. The summed E-state index contributed by atoms with van der Waals surface area (Å²) in [6.07, 6.45) is 0. The first-order chi connectivity index (χ1) is 24.2. The fraction of sp³-hybridized carbons (Fsp3) is 0. The van der Waals surface area contributed by atoms with Gasteiger partial charge in [-0.2, -0.15) is 0 Å². The Bertz CT molecular complexity index is 2790. The Labute approximate surface area is 282 Å². The second kappa shape index (κ2) is 11.0. The lowest BCUT2D eigenvalue weighted by molar-refractivity contribution is 0.620. The zero-order chi connectivity index (χ0) is 32.3. The topological polar surface area (TPSA) is 42.4 Å². The lowest BCUT2D eigenvalue weighted by atomic mass is 10.0. The molecule has 0 fully saturated rings. The number of oxazole rings is 1. The molecule has 0 radical (unpaired) electrons. The highest BCUT2D eigenvalue weighted by molar-refractivity contribution is 6.13. The number of furan rings is 1. The summed E-state index contributed by atoms with van der Waals surface area (Å²) in [5.41, 5.74) is 9.57. The maximum absolute atomic E-state index is 6.58. The van der Waals surface area contributed by atoms with Crippen LogP contribution in [0.3, 0.4) is 0 Å². The molecule has 0 saturated carbocycles. The van der Waals surface area contributed by atoms with E-state index in [0.29, 0.717) is 5.89 Å². The van der Waals surface area contributed by atoms with Crippen molar-refractivity contribution in [2.75, 3.05) is 4.90 Å². The van der Waals surface area contributed by atoms with Crippen molar-refractivity contribution in [3.8, 4) is 22.6 Å². The number of anilines is 3. The summed E-state index contributed by atoms with van der Waals surface area (Å²) in [5, 5.41) is 6.66. The molecule has 0 bridgehead atoms. The Morgan fingerprint density at radius 3 is 1.94 bits per heavy atom. The van der Waals surface area contributed by atoms with Crippen LogP contribution in [0.5, 0.6) is 0 Å². The maximum atomic E-state index is 6.58. The molecule has 0 amide bonds. The summed E-state index contributed by atoms with van der Waals surface area (Å²) < 4.78 is 13.0. The van der Waals surface area contributed by atoms with Crippen molar-refractivity contribution in [2.24, 2.45) is 0 Å². The largest absolute Gasteiger partial charge is 0.456 e. The molecule has 10 rings (SSSR count). The molecule has 0 aliphatic carbocycles. The molecule has 0 unspecified atom stereocenters. The second-order valence-electron chi connectivity index (χ2n) is 12.4. The number of hydrogen-bond acceptors (Lipinski definition) is 4. The third kappa shape index (κ3) is 4.65. The molecule has 2 heterocycles. The van der Waals surface area contributed by atoms with E-state index in [1.54, 1.807) is 0 Å².